The predicted molar refractivity (Wildman–Crippen MR) is 72.0 cm³/mol. The number of rotatable bonds is 6. The third kappa shape index (κ3) is 3.98. The fraction of sp³-hybridized carbons (Fsp3) is 0.571. The van der Waals surface area contributed by atoms with Gasteiger partial charge in [0.1, 0.15) is 12.4 Å². The minimum absolute atomic E-state index is 0.657. The van der Waals surface area contributed by atoms with Gasteiger partial charge in [-0.1, -0.05) is 18.2 Å². The molecule has 4 nitrogen and oxygen atoms in total. The third-order valence-corrected chi connectivity index (χ3v) is 3.16. The molecule has 0 spiro atoms. The van der Waals surface area contributed by atoms with Crippen molar-refractivity contribution in [3.63, 3.8) is 0 Å². The average molecular weight is 250 g/mol. The van der Waals surface area contributed by atoms with Crippen LogP contribution in [0.3, 0.4) is 0 Å². The van der Waals surface area contributed by atoms with Gasteiger partial charge in [-0.05, 0) is 24.6 Å². The van der Waals surface area contributed by atoms with E-state index in [0.29, 0.717) is 6.54 Å². The molecule has 0 atom stereocenters. The smallest absolute Gasteiger partial charge is 0.122 e. The van der Waals surface area contributed by atoms with Crippen LogP contribution in [0.2, 0.25) is 0 Å². The number of para-hydroxylation sites is 1. The molecule has 1 aliphatic rings. The average Bonchev–Trinajstić information content (AvgIpc) is 2.42. The second kappa shape index (κ2) is 7.36. The SMILES string of the molecule is NCCc1ccccc1OCCN1CCOCC1. The number of morpholine rings is 1. The van der Waals surface area contributed by atoms with Crippen LogP contribution in [-0.4, -0.2) is 50.9 Å². The maximum atomic E-state index is 5.85. The zero-order valence-corrected chi connectivity index (χ0v) is 10.8. The highest BCUT2D eigenvalue weighted by atomic mass is 16.5. The first-order chi connectivity index (χ1) is 8.90. The minimum Gasteiger partial charge on any atom is -0.492 e. The number of nitrogens with two attached hydrogens (primary N) is 1. The summed E-state index contributed by atoms with van der Waals surface area (Å²) in [5, 5.41) is 0. The summed E-state index contributed by atoms with van der Waals surface area (Å²) >= 11 is 0. The van der Waals surface area contributed by atoms with Crippen LogP contribution in [0.15, 0.2) is 24.3 Å². The Morgan fingerprint density at radius 1 is 1.22 bits per heavy atom. The first kappa shape index (κ1) is 13.3. The third-order valence-electron chi connectivity index (χ3n) is 3.16. The summed E-state index contributed by atoms with van der Waals surface area (Å²) < 4.78 is 11.2. The molecular formula is C14H22N2O2. The Labute approximate surface area is 109 Å². The summed E-state index contributed by atoms with van der Waals surface area (Å²) in [4.78, 5) is 2.37. The zero-order valence-electron chi connectivity index (χ0n) is 10.8. The quantitative estimate of drug-likeness (QED) is 0.815. The standard InChI is InChI=1S/C14H22N2O2/c15-6-5-13-3-1-2-4-14(13)18-12-9-16-7-10-17-11-8-16/h1-4H,5-12,15H2. The summed E-state index contributed by atoms with van der Waals surface area (Å²) in [5.74, 6) is 0.969. The lowest BCUT2D eigenvalue weighted by atomic mass is 10.1. The Kier molecular flexibility index (Phi) is 5.45. The maximum Gasteiger partial charge on any atom is 0.122 e. The van der Waals surface area contributed by atoms with Gasteiger partial charge in [0.05, 0.1) is 13.2 Å². The van der Waals surface area contributed by atoms with Crippen molar-refractivity contribution >= 4 is 0 Å². The molecule has 4 heteroatoms. The predicted octanol–water partition coefficient (Wildman–Crippen LogP) is 0.899. The zero-order chi connectivity index (χ0) is 12.6. The van der Waals surface area contributed by atoms with E-state index in [1.165, 1.54) is 5.56 Å². The molecule has 100 valence electrons. The van der Waals surface area contributed by atoms with E-state index in [1.807, 2.05) is 18.2 Å². The van der Waals surface area contributed by atoms with Gasteiger partial charge in [0, 0.05) is 19.6 Å². The molecule has 0 unspecified atom stereocenters. The highest BCUT2D eigenvalue weighted by Crippen LogP contribution is 2.18. The number of nitrogens with zero attached hydrogens (tertiary/aromatic N) is 1. The molecule has 0 saturated carbocycles. The molecule has 0 amide bonds. The molecule has 0 bridgehead atoms. The van der Waals surface area contributed by atoms with Crippen LogP contribution in [0.4, 0.5) is 0 Å². The molecular weight excluding hydrogens is 228 g/mol. The highest BCUT2D eigenvalue weighted by molar-refractivity contribution is 5.33. The van der Waals surface area contributed by atoms with Crippen LogP contribution in [0.25, 0.3) is 0 Å². The molecule has 1 aromatic rings. The Morgan fingerprint density at radius 2 is 2.00 bits per heavy atom. The lowest BCUT2D eigenvalue weighted by Crippen LogP contribution is -2.38. The van der Waals surface area contributed by atoms with E-state index in [-0.39, 0.29) is 0 Å². The van der Waals surface area contributed by atoms with Gasteiger partial charge in [0.15, 0.2) is 0 Å². The van der Waals surface area contributed by atoms with Crippen LogP contribution in [0, 0.1) is 0 Å². The number of benzene rings is 1. The van der Waals surface area contributed by atoms with Crippen molar-refractivity contribution in [2.24, 2.45) is 5.73 Å². The normalized spacial score (nSPS) is 16.7. The lowest BCUT2D eigenvalue weighted by molar-refractivity contribution is 0.0322. The summed E-state index contributed by atoms with van der Waals surface area (Å²) in [5.41, 5.74) is 6.79. The molecule has 1 fully saturated rings. The first-order valence-corrected chi connectivity index (χ1v) is 6.61. The van der Waals surface area contributed by atoms with E-state index >= 15 is 0 Å². The Bertz CT molecular complexity index is 351. The molecule has 1 aromatic carbocycles. The number of hydrogen-bond acceptors (Lipinski definition) is 4. The second-order valence-electron chi connectivity index (χ2n) is 4.45. The molecule has 0 radical (unpaired) electrons. The van der Waals surface area contributed by atoms with Gasteiger partial charge in [0.25, 0.3) is 0 Å². The van der Waals surface area contributed by atoms with Gasteiger partial charge in [-0.2, -0.15) is 0 Å². The molecule has 0 aromatic heterocycles. The largest absolute Gasteiger partial charge is 0.492 e. The van der Waals surface area contributed by atoms with Crippen molar-refractivity contribution in [1.29, 1.82) is 0 Å². The van der Waals surface area contributed by atoms with Crippen LogP contribution in [0.1, 0.15) is 5.56 Å². The van der Waals surface area contributed by atoms with Crippen LogP contribution >= 0.6 is 0 Å². The van der Waals surface area contributed by atoms with E-state index in [1.54, 1.807) is 0 Å². The van der Waals surface area contributed by atoms with E-state index in [9.17, 15) is 0 Å². The number of hydrogen-bond donors (Lipinski definition) is 1. The summed E-state index contributed by atoms with van der Waals surface area (Å²) in [6.45, 7) is 6.03. The van der Waals surface area contributed by atoms with Crippen molar-refractivity contribution in [3.8, 4) is 5.75 Å². The van der Waals surface area contributed by atoms with Crippen molar-refractivity contribution < 1.29 is 9.47 Å². The fourth-order valence-corrected chi connectivity index (χ4v) is 2.12. The first-order valence-electron chi connectivity index (χ1n) is 6.61. The van der Waals surface area contributed by atoms with E-state index in [4.69, 9.17) is 15.2 Å². The van der Waals surface area contributed by atoms with E-state index in [0.717, 1.165) is 51.6 Å². The summed E-state index contributed by atoms with van der Waals surface area (Å²) in [6.07, 6.45) is 0.869. The fourth-order valence-electron chi connectivity index (χ4n) is 2.12. The van der Waals surface area contributed by atoms with E-state index in [2.05, 4.69) is 11.0 Å². The molecule has 18 heavy (non-hydrogen) atoms. The molecule has 1 heterocycles. The Hall–Kier alpha value is -1.10. The second-order valence-corrected chi connectivity index (χ2v) is 4.45. The van der Waals surface area contributed by atoms with Crippen LogP contribution < -0.4 is 10.5 Å². The van der Waals surface area contributed by atoms with Gasteiger partial charge < -0.3 is 15.2 Å². The van der Waals surface area contributed by atoms with Gasteiger partial charge in [0.2, 0.25) is 0 Å². The van der Waals surface area contributed by atoms with Gasteiger partial charge in [-0.15, -0.1) is 0 Å². The van der Waals surface area contributed by atoms with Gasteiger partial charge in [-0.3, -0.25) is 4.90 Å². The van der Waals surface area contributed by atoms with Crippen molar-refractivity contribution in [3.05, 3.63) is 29.8 Å². The molecule has 0 aliphatic carbocycles. The van der Waals surface area contributed by atoms with Crippen LogP contribution in [-0.2, 0) is 11.2 Å². The molecule has 2 N–H and O–H groups in total. The van der Waals surface area contributed by atoms with Crippen LogP contribution in [0.5, 0.6) is 5.75 Å². The number of ether oxygens (including phenoxy) is 2. The molecule has 1 aliphatic heterocycles. The Balaban J connectivity index is 1.78. The minimum atomic E-state index is 0.657. The maximum absolute atomic E-state index is 5.85. The van der Waals surface area contributed by atoms with Gasteiger partial charge >= 0.3 is 0 Å². The van der Waals surface area contributed by atoms with Crippen molar-refractivity contribution in [2.75, 3.05) is 46.0 Å². The van der Waals surface area contributed by atoms with Gasteiger partial charge in [-0.25, -0.2) is 0 Å². The lowest BCUT2D eigenvalue weighted by Gasteiger charge is -2.26. The Morgan fingerprint density at radius 3 is 2.78 bits per heavy atom. The molecule has 1 saturated heterocycles. The highest BCUT2D eigenvalue weighted by Gasteiger charge is 2.10. The summed E-state index contributed by atoms with van der Waals surface area (Å²) in [7, 11) is 0. The molecule has 2 rings (SSSR count). The van der Waals surface area contributed by atoms with Crippen molar-refractivity contribution in [1.82, 2.24) is 4.90 Å². The summed E-state index contributed by atoms with van der Waals surface area (Å²) in [6, 6.07) is 8.13. The topological polar surface area (TPSA) is 47.7 Å². The van der Waals surface area contributed by atoms with E-state index < -0.39 is 0 Å². The monoisotopic (exact) mass is 250 g/mol. The van der Waals surface area contributed by atoms with Crippen molar-refractivity contribution in [2.45, 2.75) is 6.42 Å².